The predicted octanol–water partition coefficient (Wildman–Crippen LogP) is 2.55. The zero-order valence-corrected chi connectivity index (χ0v) is 11.1. The number of carbonyl (C=O) groups is 1. The first-order valence-corrected chi connectivity index (χ1v) is 6.07. The third kappa shape index (κ3) is 3.89. The van der Waals surface area contributed by atoms with Gasteiger partial charge in [0.05, 0.1) is 10.6 Å². The zero-order chi connectivity index (χ0) is 12.8. The molecule has 0 bridgehead atoms. The lowest BCUT2D eigenvalue weighted by Crippen LogP contribution is -2.28. The minimum Gasteiger partial charge on any atom is -0.372 e. The molecule has 1 aromatic heterocycles. The third-order valence-electron chi connectivity index (χ3n) is 2.65. The number of amides is 1. The maximum absolute atomic E-state index is 11.8. The van der Waals surface area contributed by atoms with Gasteiger partial charge in [-0.25, -0.2) is 4.98 Å². The molecule has 2 N–H and O–H groups in total. The molecule has 0 aliphatic carbocycles. The van der Waals surface area contributed by atoms with Gasteiger partial charge in [0.1, 0.15) is 5.82 Å². The van der Waals surface area contributed by atoms with E-state index < -0.39 is 0 Å². The van der Waals surface area contributed by atoms with E-state index in [0.717, 1.165) is 6.42 Å². The van der Waals surface area contributed by atoms with Crippen LogP contribution in [-0.4, -0.2) is 24.5 Å². The van der Waals surface area contributed by atoms with Crippen LogP contribution in [0.1, 0.15) is 30.6 Å². The molecule has 0 aromatic carbocycles. The van der Waals surface area contributed by atoms with E-state index in [-0.39, 0.29) is 5.91 Å². The molecule has 0 aliphatic rings. The van der Waals surface area contributed by atoms with Gasteiger partial charge >= 0.3 is 0 Å². The summed E-state index contributed by atoms with van der Waals surface area (Å²) in [6, 6.07) is 1.62. The van der Waals surface area contributed by atoms with Crippen LogP contribution in [0, 0.1) is 5.92 Å². The van der Waals surface area contributed by atoms with Crippen LogP contribution in [0.5, 0.6) is 0 Å². The first-order chi connectivity index (χ1) is 8.08. The summed E-state index contributed by atoms with van der Waals surface area (Å²) in [4.78, 5) is 15.8. The molecule has 0 fully saturated rings. The maximum atomic E-state index is 11.8. The lowest BCUT2D eigenvalue weighted by Gasteiger charge is -2.10. The van der Waals surface area contributed by atoms with Gasteiger partial charge in [0.2, 0.25) is 0 Å². The first-order valence-electron chi connectivity index (χ1n) is 5.70. The van der Waals surface area contributed by atoms with Gasteiger partial charge in [-0.2, -0.15) is 0 Å². The Morgan fingerprint density at radius 2 is 2.29 bits per heavy atom. The van der Waals surface area contributed by atoms with Crippen LogP contribution in [0.15, 0.2) is 12.3 Å². The van der Waals surface area contributed by atoms with Crippen molar-refractivity contribution in [2.24, 2.45) is 5.92 Å². The molecule has 0 saturated heterocycles. The maximum Gasteiger partial charge on any atom is 0.252 e. The topological polar surface area (TPSA) is 54.0 Å². The molecule has 0 saturated carbocycles. The number of pyridine rings is 1. The Bertz CT molecular complexity index is 395. The van der Waals surface area contributed by atoms with Crippen LogP contribution >= 0.6 is 11.6 Å². The highest BCUT2D eigenvalue weighted by molar-refractivity contribution is 6.33. The minimum atomic E-state index is -0.137. The molecule has 1 heterocycles. The second kappa shape index (κ2) is 6.45. The van der Waals surface area contributed by atoms with Crippen LogP contribution in [0.3, 0.4) is 0 Å². The fourth-order valence-corrected chi connectivity index (χ4v) is 1.52. The van der Waals surface area contributed by atoms with Gasteiger partial charge in [-0.3, -0.25) is 4.79 Å². The third-order valence-corrected chi connectivity index (χ3v) is 2.94. The average Bonchev–Trinajstić information content (AvgIpc) is 2.35. The summed E-state index contributed by atoms with van der Waals surface area (Å²) in [6.07, 6.45) is 2.56. The highest BCUT2D eigenvalue weighted by Crippen LogP contribution is 2.19. The highest BCUT2D eigenvalue weighted by atomic mass is 35.5. The number of rotatable bonds is 5. The number of halogens is 1. The van der Waals surface area contributed by atoms with Crippen molar-refractivity contribution in [3.8, 4) is 0 Å². The van der Waals surface area contributed by atoms with Crippen molar-refractivity contribution in [1.82, 2.24) is 10.3 Å². The second-order valence-electron chi connectivity index (χ2n) is 4.03. The van der Waals surface area contributed by atoms with E-state index in [1.165, 1.54) is 6.20 Å². The summed E-state index contributed by atoms with van der Waals surface area (Å²) in [6.45, 7) is 4.85. The number of anilines is 1. The summed E-state index contributed by atoms with van der Waals surface area (Å²) in [5.74, 6) is 0.909. The van der Waals surface area contributed by atoms with Crippen LogP contribution in [0.25, 0.3) is 0 Å². The van der Waals surface area contributed by atoms with Crippen molar-refractivity contribution < 1.29 is 4.79 Å². The number of carbonyl (C=O) groups excluding carboxylic acids is 1. The van der Waals surface area contributed by atoms with E-state index in [9.17, 15) is 4.79 Å². The minimum absolute atomic E-state index is 0.137. The molecule has 0 aliphatic heterocycles. The number of hydrogen-bond donors (Lipinski definition) is 2. The van der Waals surface area contributed by atoms with Crippen LogP contribution in [0.2, 0.25) is 5.02 Å². The van der Waals surface area contributed by atoms with Crippen molar-refractivity contribution in [2.45, 2.75) is 20.3 Å². The number of nitrogens with one attached hydrogen (secondary N) is 2. The molecule has 1 aromatic rings. The largest absolute Gasteiger partial charge is 0.372 e. The van der Waals surface area contributed by atoms with Gasteiger partial charge in [-0.15, -0.1) is 0 Å². The summed E-state index contributed by atoms with van der Waals surface area (Å²) in [5, 5.41) is 6.15. The van der Waals surface area contributed by atoms with Gasteiger partial charge in [-0.1, -0.05) is 31.9 Å². The van der Waals surface area contributed by atoms with Gasteiger partial charge in [-0.05, 0) is 12.0 Å². The van der Waals surface area contributed by atoms with Gasteiger partial charge in [0.25, 0.3) is 5.91 Å². The zero-order valence-electron chi connectivity index (χ0n) is 10.4. The summed E-state index contributed by atoms with van der Waals surface area (Å²) in [7, 11) is 1.73. The predicted molar refractivity (Wildman–Crippen MR) is 70.6 cm³/mol. The van der Waals surface area contributed by atoms with Crippen molar-refractivity contribution in [3.63, 3.8) is 0 Å². The Labute approximate surface area is 107 Å². The van der Waals surface area contributed by atoms with Gasteiger partial charge < -0.3 is 10.6 Å². The quantitative estimate of drug-likeness (QED) is 0.850. The smallest absolute Gasteiger partial charge is 0.252 e. The molecule has 1 atom stereocenters. The number of aromatic nitrogens is 1. The molecule has 5 heteroatoms. The molecular formula is C12H18ClN3O. The first kappa shape index (κ1) is 13.8. The summed E-state index contributed by atoms with van der Waals surface area (Å²) >= 11 is 5.96. The van der Waals surface area contributed by atoms with Crippen LogP contribution in [0.4, 0.5) is 5.82 Å². The molecule has 17 heavy (non-hydrogen) atoms. The van der Waals surface area contributed by atoms with E-state index >= 15 is 0 Å². The van der Waals surface area contributed by atoms with Crippen LogP contribution < -0.4 is 10.6 Å². The second-order valence-corrected chi connectivity index (χ2v) is 4.44. The normalized spacial score (nSPS) is 12.0. The molecule has 1 rings (SSSR count). The highest BCUT2D eigenvalue weighted by Gasteiger charge is 2.09. The van der Waals surface area contributed by atoms with E-state index in [1.54, 1.807) is 13.1 Å². The molecule has 0 spiro atoms. The van der Waals surface area contributed by atoms with E-state index in [1.807, 2.05) is 0 Å². The SMILES string of the molecule is CCC(C)CNC(=O)c1cnc(NC)c(Cl)c1. The number of hydrogen-bond acceptors (Lipinski definition) is 3. The monoisotopic (exact) mass is 255 g/mol. The lowest BCUT2D eigenvalue weighted by atomic mass is 10.1. The van der Waals surface area contributed by atoms with Gasteiger partial charge in [0.15, 0.2) is 0 Å². The molecule has 0 radical (unpaired) electrons. The molecule has 1 unspecified atom stereocenters. The van der Waals surface area contributed by atoms with Crippen LogP contribution in [-0.2, 0) is 0 Å². The van der Waals surface area contributed by atoms with Crippen molar-refractivity contribution in [2.75, 3.05) is 18.9 Å². The average molecular weight is 256 g/mol. The van der Waals surface area contributed by atoms with Crippen molar-refractivity contribution in [1.29, 1.82) is 0 Å². The van der Waals surface area contributed by atoms with Gasteiger partial charge in [0, 0.05) is 19.8 Å². The summed E-state index contributed by atoms with van der Waals surface area (Å²) in [5.41, 5.74) is 0.484. The molecule has 94 valence electrons. The molecular weight excluding hydrogens is 238 g/mol. The van der Waals surface area contributed by atoms with Crippen molar-refractivity contribution in [3.05, 3.63) is 22.8 Å². The van der Waals surface area contributed by atoms with E-state index in [4.69, 9.17) is 11.6 Å². The van der Waals surface area contributed by atoms with E-state index in [0.29, 0.717) is 28.9 Å². The number of nitrogens with zero attached hydrogens (tertiary/aromatic N) is 1. The van der Waals surface area contributed by atoms with E-state index in [2.05, 4.69) is 29.5 Å². The Morgan fingerprint density at radius 1 is 1.59 bits per heavy atom. The Kier molecular flexibility index (Phi) is 5.22. The Balaban J connectivity index is 2.66. The Hall–Kier alpha value is -1.29. The fourth-order valence-electron chi connectivity index (χ4n) is 1.26. The van der Waals surface area contributed by atoms with Crippen molar-refractivity contribution >= 4 is 23.3 Å². The Morgan fingerprint density at radius 3 is 2.82 bits per heavy atom. The molecule has 1 amide bonds. The molecule has 4 nitrogen and oxygen atoms in total. The lowest BCUT2D eigenvalue weighted by molar-refractivity contribution is 0.0947. The fraction of sp³-hybridized carbons (Fsp3) is 0.500. The summed E-state index contributed by atoms with van der Waals surface area (Å²) < 4.78 is 0. The standard InChI is InChI=1S/C12H18ClN3O/c1-4-8(2)6-16-12(17)9-5-10(13)11(14-3)15-7-9/h5,7-8H,4,6H2,1-3H3,(H,14,15)(H,16,17).